The van der Waals surface area contributed by atoms with Crippen molar-refractivity contribution in [2.45, 2.75) is 13.8 Å². The van der Waals surface area contributed by atoms with Crippen LogP contribution < -0.4 is 4.57 Å². The third-order valence-corrected chi connectivity index (χ3v) is 4.12. The summed E-state index contributed by atoms with van der Waals surface area (Å²) >= 11 is 0. The van der Waals surface area contributed by atoms with E-state index in [0.717, 1.165) is 16.3 Å². The van der Waals surface area contributed by atoms with Gasteiger partial charge in [-0.25, -0.2) is 9.41 Å². The van der Waals surface area contributed by atoms with Crippen LogP contribution in [0.2, 0.25) is 0 Å². The van der Waals surface area contributed by atoms with Gasteiger partial charge in [-0.15, -0.1) is 0 Å². The molecule has 3 nitrogen and oxygen atoms in total. The summed E-state index contributed by atoms with van der Waals surface area (Å²) in [6.07, 6.45) is -0.296. The smallest absolute Gasteiger partial charge is 0.216 e. The maximum absolute atomic E-state index is 8.62. The molecule has 2 aromatic carbocycles. The highest BCUT2D eigenvalue weighted by molar-refractivity contribution is 6.10. The Bertz CT molecular complexity index is 1400. The van der Waals surface area contributed by atoms with E-state index in [-0.39, 0.29) is 17.9 Å². The highest BCUT2D eigenvalue weighted by atomic mass is 16.3. The molecule has 0 aliphatic heterocycles. The highest BCUT2D eigenvalue weighted by Gasteiger charge is 2.20. The molecule has 0 saturated carbocycles. The first-order chi connectivity index (χ1) is 14.1. The van der Waals surface area contributed by atoms with Crippen molar-refractivity contribution in [3.63, 3.8) is 0 Å². The van der Waals surface area contributed by atoms with Gasteiger partial charge < -0.3 is 4.42 Å². The average molecular weight is 319 g/mol. The molecule has 0 fully saturated rings. The average Bonchev–Trinajstić information content (AvgIpc) is 3.04. The summed E-state index contributed by atoms with van der Waals surface area (Å²) in [5.41, 5.74) is 2.47. The Morgan fingerprint density at radius 3 is 2.92 bits per heavy atom. The first-order valence-electron chi connectivity index (χ1n) is 10.4. The van der Waals surface area contributed by atoms with E-state index in [0.29, 0.717) is 22.4 Å². The third kappa shape index (κ3) is 2.08. The van der Waals surface area contributed by atoms with E-state index in [1.54, 1.807) is 18.2 Å². The predicted octanol–water partition coefficient (Wildman–Crippen LogP) is 5.25. The quantitative estimate of drug-likeness (QED) is 0.347. The van der Waals surface area contributed by atoms with Gasteiger partial charge in [-0.2, -0.15) is 0 Å². The maximum atomic E-state index is 8.62. The maximum Gasteiger partial charge on any atom is 0.216 e. The lowest BCUT2D eigenvalue weighted by Crippen LogP contribution is -2.30. The molecule has 0 radical (unpaired) electrons. The second kappa shape index (κ2) is 5.21. The molecule has 0 unspecified atom stereocenters. The molecule has 0 aliphatic rings. The minimum atomic E-state index is -2.70. The fraction of sp³-hybridized carbons (Fsp3) is 0.143. The van der Waals surface area contributed by atoms with Crippen LogP contribution in [0.25, 0.3) is 38.0 Å². The Hall–Kier alpha value is -3.12. The fourth-order valence-corrected chi connectivity index (χ4v) is 2.95. The van der Waals surface area contributed by atoms with Crippen LogP contribution in [0.5, 0.6) is 0 Å². The summed E-state index contributed by atoms with van der Waals surface area (Å²) in [6, 6.07) is 7.99. The highest BCUT2D eigenvalue weighted by Crippen LogP contribution is 2.38. The Labute approximate surface area is 149 Å². The Morgan fingerprint density at radius 2 is 2.12 bits per heavy atom. The molecule has 2 aromatic heterocycles. The van der Waals surface area contributed by atoms with Gasteiger partial charge in [0.05, 0.1) is 14.9 Å². The molecule has 0 saturated heterocycles. The largest absolute Gasteiger partial charge is 0.455 e. The molecular weight excluding hydrogens is 296 g/mol. The number of benzene rings is 2. The molecule has 0 atom stereocenters. The predicted molar refractivity (Wildman–Crippen MR) is 96.1 cm³/mol. The number of aromatic nitrogens is 1. The zero-order valence-electron chi connectivity index (χ0n) is 19.2. The molecular formula is C21H17N2O+. The van der Waals surface area contributed by atoms with Gasteiger partial charge >= 0.3 is 0 Å². The topological polar surface area (TPSA) is 21.4 Å². The molecule has 0 aliphatic carbocycles. The Balaban J connectivity index is 2.19. The molecule has 4 aromatic rings. The van der Waals surface area contributed by atoms with E-state index < -0.39 is 18.5 Å². The molecule has 24 heavy (non-hydrogen) atoms. The summed E-state index contributed by atoms with van der Waals surface area (Å²) in [5, 5.41) is 1.47. The van der Waals surface area contributed by atoms with Crippen molar-refractivity contribution in [2.75, 3.05) is 0 Å². The molecule has 0 bridgehead atoms. The number of rotatable bonds is 1. The monoisotopic (exact) mass is 319 g/mol. The molecule has 3 heteroatoms. The van der Waals surface area contributed by atoms with Gasteiger partial charge in [0, 0.05) is 27.0 Å². The van der Waals surface area contributed by atoms with E-state index in [1.807, 2.05) is 19.1 Å². The molecule has 2 heterocycles. The van der Waals surface area contributed by atoms with Crippen molar-refractivity contribution >= 4 is 27.6 Å². The van der Waals surface area contributed by atoms with Gasteiger partial charge in [0.1, 0.15) is 19.6 Å². The first kappa shape index (κ1) is 9.24. The number of pyridine rings is 1. The fourth-order valence-electron chi connectivity index (χ4n) is 2.95. The van der Waals surface area contributed by atoms with Gasteiger partial charge in [-0.05, 0) is 37.0 Å². The number of fused-ring (bicyclic) bond motifs is 3. The van der Waals surface area contributed by atoms with Crippen LogP contribution in [0.4, 0.5) is 5.69 Å². The van der Waals surface area contributed by atoms with E-state index in [9.17, 15) is 0 Å². The van der Waals surface area contributed by atoms with E-state index in [4.69, 9.17) is 19.2 Å². The summed E-state index contributed by atoms with van der Waals surface area (Å²) < 4.78 is 55.8. The third-order valence-electron chi connectivity index (χ3n) is 4.12. The van der Waals surface area contributed by atoms with Gasteiger partial charge in [0.2, 0.25) is 5.69 Å². The van der Waals surface area contributed by atoms with Gasteiger partial charge in [0.25, 0.3) is 0 Å². The van der Waals surface area contributed by atoms with Crippen LogP contribution in [0, 0.1) is 20.3 Å². The van der Waals surface area contributed by atoms with E-state index >= 15 is 0 Å². The number of furan rings is 1. The molecule has 116 valence electrons. The first-order valence-corrected chi connectivity index (χ1v) is 7.40. The summed E-state index contributed by atoms with van der Waals surface area (Å²) in [6.45, 7) is 6.36. The second-order valence-corrected chi connectivity index (χ2v) is 5.67. The van der Waals surface area contributed by atoms with Crippen LogP contribution >= 0.6 is 0 Å². The van der Waals surface area contributed by atoms with Crippen molar-refractivity contribution in [2.24, 2.45) is 7.05 Å². The van der Waals surface area contributed by atoms with E-state index in [1.165, 1.54) is 11.6 Å². The van der Waals surface area contributed by atoms with Crippen molar-refractivity contribution < 1.29 is 17.2 Å². The van der Waals surface area contributed by atoms with Crippen molar-refractivity contribution in [1.82, 2.24) is 0 Å². The Morgan fingerprint density at radius 1 is 1.25 bits per heavy atom. The number of hydrogen-bond acceptors (Lipinski definition) is 1. The van der Waals surface area contributed by atoms with Crippen molar-refractivity contribution in [1.29, 1.82) is 0 Å². The van der Waals surface area contributed by atoms with Crippen LogP contribution in [0.1, 0.15) is 19.4 Å². The summed E-state index contributed by atoms with van der Waals surface area (Å²) in [5.74, 6) is 0. The molecule has 4 rings (SSSR count). The second-order valence-electron chi connectivity index (χ2n) is 5.67. The number of hydrogen-bond donors (Lipinski definition) is 0. The Kier molecular flexibility index (Phi) is 2.01. The van der Waals surface area contributed by atoms with E-state index in [2.05, 4.69) is 4.85 Å². The SMILES string of the molecule is [2H]c1c(C([2H])([2H])[2H])c([2H])c(-c2c(C)ccc3c2oc2ccc([N+]#[C-])cc23)[n+](C)c1[2H]. The number of nitrogens with zero attached hydrogens (tertiary/aromatic N) is 2. The lowest BCUT2D eigenvalue weighted by Gasteiger charge is -2.06. The lowest BCUT2D eigenvalue weighted by molar-refractivity contribution is -0.660. The van der Waals surface area contributed by atoms with Crippen LogP contribution in [0.3, 0.4) is 0 Å². The minimum absolute atomic E-state index is 0.203. The molecule has 0 spiro atoms. The zero-order valence-corrected chi connectivity index (χ0v) is 13.2. The number of aryl methyl sites for hydroxylation is 1. The summed E-state index contributed by atoms with van der Waals surface area (Å²) in [7, 11) is 1.54. The van der Waals surface area contributed by atoms with Crippen molar-refractivity contribution in [3.8, 4) is 11.3 Å². The molecule has 0 amide bonds. The zero-order chi connectivity index (χ0) is 22.0. The van der Waals surface area contributed by atoms with Gasteiger partial charge in [0.15, 0.2) is 11.9 Å². The standard InChI is InChI=1S/C21H17N2O/c1-13-9-10-23(4)18(11-13)20-14(2)5-7-16-17-12-15(22-3)6-8-19(17)24-21(16)20/h5-12H,1-2,4H3/q+1/i1D3,9D,10D,11D. The lowest BCUT2D eigenvalue weighted by atomic mass is 10.00. The molecule has 0 N–H and O–H groups in total. The normalized spacial score (nSPS) is 15.2. The van der Waals surface area contributed by atoms with Gasteiger partial charge in [-0.1, -0.05) is 18.2 Å². The van der Waals surface area contributed by atoms with Crippen LogP contribution in [-0.4, -0.2) is 0 Å². The van der Waals surface area contributed by atoms with Gasteiger partial charge in [-0.3, -0.25) is 0 Å². The summed E-state index contributed by atoms with van der Waals surface area (Å²) in [4.78, 5) is 3.46. The van der Waals surface area contributed by atoms with Crippen molar-refractivity contribution in [3.05, 3.63) is 71.1 Å². The van der Waals surface area contributed by atoms with Crippen LogP contribution in [-0.2, 0) is 7.05 Å². The minimum Gasteiger partial charge on any atom is -0.455 e. The van der Waals surface area contributed by atoms with Crippen LogP contribution in [0.15, 0.2) is 53.0 Å².